The monoisotopic (exact) mass is 200 g/mol. The highest BCUT2D eigenvalue weighted by Gasteiger charge is 1.94. The van der Waals surface area contributed by atoms with Crippen molar-refractivity contribution in [1.29, 1.82) is 0 Å². The fraction of sp³-hybridized carbons (Fsp3) is 0.750. The van der Waals surface area contributed by atoms with Gasteiger partial charge in [-0.2, -0.15) is 8.42 Å². The molecule has 0 aromatic carbocycles. The van der Waals surface area contributed by atoms with Crippen LogP contribution in [0.4, 0.5) is 4.79 Å². The number of rotatable bonds is 0. The lowest BCUT2D eigenvalue weighted by molar-refractivity contribution is 0.219. The summed E-state index contributed by atoms with van der Waals surface area (Å²) in [5.74, 6) is 0. The van der Waals surface area contributed by atoms with E-state index in [9.17, 15) is 4.79 Å². The van der Waals surface area contributed by atoms with E-state index in [-0.39, 0.29) is 6.03 Å². The van der Waals surface area contributed by atoms with E-state index >= 15 is 0 Å². The summed E-state index contributed by atoms with van der Waals surface area (Å²) in [5, 5.41) is 2.45. The van der Waals surface area contributed by atoms with Gasteiger partial charge in [0.1, 0.15) is 0 Å². The third-order valence-electron chi connectivity index (χ3n) is 0.620. The number of hydrogen-bond donors (Lipinski definition) is 3. The van der Waals surface area contributed by atoms with Gasteiger partial charge < -0.3 is 10.2 Å². The van der Waals surface area contributed by atoms with Crippen LogP contribution in [0.2, 0.25) is 0 Å². The van der Waals surface area contributed by atoms with Gasteiger partial charge >= 0.3 is 16.4 Å². The maximum absolute atomic E-state index is 10.3. The SMILES string of the molecule is CNC(=O)N(C)C.O=S(=O)(O)O. The number of nitrogens with one attached hydrogen (secondary N) is 1. The normalized spacial score (nSPS) is 9.42. The van der Waals surface area contributed by atoms with Crippen LogP contribution < -0.4 is 5.32 Å². The molecule has 8 heteroatoms. The minimum absolute atomic E-state index is 0.0694. The second-order valence-corrected chi connectivity index (χ2v) is 2.79. The number of amides is 2. The fourth-order valence-electron chi connectivity index (χ4n) is 0.224. The van der Waals surface area contributed by atoms with Gasteiger partial charge in [-0.15, -0.1) is 0 Å². The van der Waals surface area contributed by atoms with E-state index in [1.807, 2.05) is 0 Å². The van der Waals surface area contributed by atoms with Crippen molar-refractivity contribution in [3.8, 4) is 0 Å². The van der Waals surface area contributed by atoms with Crippen LogP contribution in [-0.4, -0.2) is 49.6 Å². The zero-order valence-electron chi connectivity index (χ0n) is 6.97. The lowest BCUT2D eigenvalue weighted by Crippen LogP contribution is -2.31. The summed E-state index contributed by atoms with van der Waals surface area (Å²) < 4.78 is 31.6. The van der Waals surface area contributed by atoms with Crippen molar-refractivity contribution in [2.24, 2.45) is 0 Å². The standard InChI is InChI=1S/C4H10N2O.H2O4S/c1-5-4(7)6(2)3;1-5(2,3)4/h1-3H3,(H,5,7);(H2,1,2,3,4). The van der Waals surface area contributed by atoms with Gasteiger partial charge in [0.05, 0.1) is 0 Å². The molecule has 0 aromatic heterocycles. The predicted molar refractivity (Wildman–Crippen MR) is 42.3 cm³/mol. The molecule has 0 atom stereocenters. The van der Waals surface area contributed by atoms with Crippen molar-refractivity contribution in [2.75, 3.05) is 21.1 Å². The Bertz CT molecular complexity index is 214. The molecule has 0 fully saturated rings. The molecule has 0 rings (SSSR count). The molecule has 0 spiro atoms. The largest absolute Gasteiger partial charge is 0.394 e. The molecule has 0 saturated carbocycles. The average molecular weight is 200 g/mol. The average Bonchev–Trinajstić information content (AvgIpc) is 1.82. The Labute approximate surface area is 70.9 Å². The Morgan fingerprint density at radius 2 is 1.58 bits per heavy atom. The number of carbonyl (C=O) groups is 1. The Balaban J connectivity index is 0. The summed E-state index contributed by atoms with van der Waals surface area (Å²) in [6.45, 7) is 0. The number of urea groups is 1. The Kier molecular flexibility index (Phi) is 6.57. The Morgan fingerprint density at radius 1 is 1.33 bits per heavy atom. The Morgan fingerprint density at radius 3 is 1.58 bits per heavy atom. The van der Waals surface area contributed by atoms with Gasteiger partial charge in [0.2, 0.25) is 0 Å². The zero-order chi connectivity index (χ0) is 10.4. The molecule has 0 radical (unpaired) electrons. The number of carbonyl (C=O) groups excluding carboxylic acids is 1. The van der Waals surface area contributed by atoms with Crippen LogP contribution in [0.1, 0.15) is 0 Å². The van der Waals surface area contributed by atoms with Gasteiger partial charge in [-0.05, 0) is 0 Å². The predicted octanol–water partition coefficient (Wildman–Crippen LogP) is -0.765. The van der Waals surface area contributed by atoms with Crippen molar-refractivity contribution in [2.45, 2.75) is 0 Å². The lowest BCUT2D eigenvalue weighted by Gasteiger charge is -2.06. The summed E-state index contributed by atoms with van der Waals surface area (Å²) in [7, 11) is 0.319. The first-order valence-electron chi connectivity index (χ1n) is 2.77. The van der Waals surface area contributed by atoms with Crippen molar-refractivity contribution < 1.29 is 22.3 Å². The van der Waals surface area contributed by atoms with Crippen molar-refractivity contribution in [3.05, 3.63) is 0 Å². The minimum atomic E-state index is -4.67. The van der Waals surface area contributed by atoms with Gasteiger partial charge in [0, 0.05) is 21.1 Å². The van der Waals surface area contributed by atoms with Crippen molar-refractivity contribution in [1.82, 2.24) is 10.2 Å². The second kappa shape index (κ2) is 5.75. The molecule has 12 heavy (non-hydrogen) atoms. The highest BCUT2D eigenvalue weighted by Crippen LogP contribution is 1.70. The smallest absolute Gasteiger partial charge is 0.341 e. The van der Waals surface area contributed by atoms with Crippen molar-refractivity contribution in [3.63, 3.8) is 0 Å². The quantitative estimate of drug-likeness (QED) is 0.445. The first-order valence-corrected chi connectivity index (χ1v) is 4.17. The van der Waals surface area contributed by atoms with E-state index in [0.29, 0.717) is 0 Å². The van der Waals surface area contributed by atoms with E-state index < -0.39 is 10.4 Å². The molecule has 0 saturated heterocycles. The third kappa shape index (κ3) is 22.9. The van der Waals surface area contributed by atoms with E-state index in [1.165, 1.54) is 4.90 Å². The van der Waals surface area contributed by atoms with E-state index in [0.717, 1.165) is 0 Å². The summed E-state index contributed by atoms with van der Waals surface area (Å²) >= 11 is 0. The molecular formula is C4H12N2O5S. The highest BCUT2D eigenvalue weighted by atomic mass is 32.3. The lowest BCUT2D eigenvalue weighted by atomic mass is 10.8. The summed E-state index contributed by atoms with van der Waals surface area (Å²) in [6, 6.07) is -0.0694. The molecule has 0 unspecified atom stereocenters. The van der Waals surface area contributed by atoms with Gasteiger partial charge in [-0.1, -0.05) is 0 Å². The summed E-state index contributed by atoms with van der Waals surface area (Å²) in [5.41, 5.74) is 0. The van der Waals surface area contributed by atoms with Crippen LogP contribution in [0.15, 0.2) is 0 Å². The van der Waals surface area contributed by atoms with Crippen LogP contribution in [0.3, 0.4) is 0 Å². The topological polar surface area (TPSA) is 107 Å². The van der Waals surface area contributed by atoms with E-state index in [4.69, 9.17) is 17.5 Å². The van der Waals surface area contributed by atoms with Gasteiger partial charge in [0.15, 0.2) is 0 Å². The maximum Gasteiger partial charge on any atom is 0.394 e. The molecule has 7 nitrogen and oxygen atoms in total. The molecule has 0 aromatic rings. The number of hydrogen-bond acceptors (Lipinski definition) is 3. The van der Waals surface area contributed by atoms with E-state index in [1.54, 1.807) is 21.1 Å². The van der Waals surface area contributed by atoms with Crippen LogP contribution in [0, 0.1) is 0 Å². The number of nitrogens with zero attached hydrogens (tertiary/aromatic N) is 1. The summed E-state index contributed by atoms with van der Waals surface area (Å²) in [6.07, 6.45) is 0. The molecule has 0 aliphatic carbocycles. The molecule has 0 aliphatic heterocycles. The highest BCUT2D eigenvalue weighted by molar-refractivity contribution is 7.79. The molecule has 0 aliphatic rings. The maximum atomic E-state index is 10.3. The van der Waals surface area contributed by atoms with Crippen molar-refractivity contribution >= 4 is 16.4 Å². The minimum Gasteiger partial charge on any atom is -0.341 e. The van der Waals surface area contributed by atoms with Crippen LogP contribution in [-0.2, 0) is 10.4 Å². The van der Waals surface area contributed by atoms with Crippen LogP contribution in [0.25, 0.3) is 0 Å². The molecule has 2 amide bonds. The molecule has 0 heterocycles. The molecule has 3 N–H and O–H groups in total. The van der Waals surface area contributed by atoms with E-state index in [2.05, 4.69) is 5.32 Å². The molecular weight excluding hydrogens is 188 g/mol. The first-order chi connectivity index (χ1) is 5.18. The van der Waals surface area contributed by atoms with Crippen LogP contribution in [0.5, 0.6) is 0 Å². The van der Waals surface area contributed by atoms with Gasteiger partial charge in [0.25, 0.3) is 0 Å². The Hall–Kier alpha value is -0.860. The fourth-order valence-corrected chi connectivity index (χ4v) is 0.224. The third-order valence-corrected chi connectivity index (χ3v) is 0.620. The molecule has 0 bridgehead atoms. The second-order valence-electron chi connectivity index (χ2n) is 1.90. The van der Waals surface area contributed by atoms with Gasteiger partial charge in [-0.3, -0.25) is 9.11 Å². The first kappa shape index (κ1) is 13.7. The summed E-state index contributed by atoms with van der Waals surface area (Å²) in [4.78, 5) is 11.8. The van der Waals surface area contributed by atoms with Gasteiger partial charge in [-0.25, -0.2) is 4.79 Å². The van der Waals surface area contributed by atoms with Crippen LogP contribution >= 0.6 is 0 Å². The zero-order valence-corrected chi connectivity index (χ0v) is 7.79. The molecule has 74 valence electrons.